The Kier molecular flexibility index (Phi) is 7.29. The molecule has 2 fully saturated rings. The van der Waals surface area contributed by atoms with Crippen LogP contribution in [0.5, 0.6) is 0 Å². The maximum absolute atomic E-state index is 6.64. The van der Waals surface area contributed by atoms with E-state index in [9.17, 15) is 0 Å². The molecule has 8 heteroatoms. The molecule has 0 bridgehead atoms. The van der Waals surface area contributed by atoms with Crippen LogP contribution in [0.4, 0.5) is 5.69 Å². The summed E-state index contributed by atoms with van der Waals surface area (Å²) in [6, 6.07) is 8.31. The number of rotatable bonds is 5. The summed E-state index contributed by atoms with van der Waals surface area (Å²) in [6.07, 6.45) is 5.95. The van der Waals surface area contributed by atoms with Gasteiger partial charge in [0.15, 0.2) is 22.4 Å². The van der Waals surface area contributed by atoms with Gasteiger partial charge in [0.25, 0.3) is 0 Å². The molecule has 0 N–H and O–H groups in total. The standard InChI is InChI=1S/C26H30ClN5O2/c1-2-3-4-5-8-21-28-23-24(27)29-25(30-26(23)32(21)22-9-6-7-16-34-22)19-10-12-20(13-11-19)31-14-17-33-18-15-31/h10-13,22H,2-4,6-7,9,14-18H2,1H3. The maximum atomic E-state index is 6.64. The average molecular weight is 480 g/mol. The third kappa shape index (κ3) is 4.90. The molecular weight excluding hydrogens is 450 g/mol. The molecule has 2 aliphatic heterocycles. The van der Waals surface area contributed by atoms with Crippen molar-refractivity contribution in [1.29, 1.82) is 0 Å². The van der Waals surface area contributed by atoms with Crippen LogP contribution in [0, 0.1) is 11.8 Å². The fourth-order valence-corrected chi connectivity index (χ4v) is 4.61. The van der Waals surface area contributed by atoms with Crippen molar-refractivity contribution in [2.24, 2.45) is 0 Å². The van der Waals surface area contributed by atoms with Gasteiger partial charge in [0.1, 0.15) is 11.7 Å². The van der Waals surface area contributed by atoms with Crippen molar-refractivity contribution in [3.63, 3.8) is 0 Å². The van der Waals surface area contributed by atoms with Crippen LogP contribution in [0.25, 0.3) is 22.6 Å². The van der Waals surface area contributed by atoms with E-state index in [1.807, 2.05) is 16.7 Å². The number of benzene rings is 1. The Morgan fingerprint density at radius 3 is 2.62 bits per heavy atom. The van der Waals surface area contributed by atoms with Gasteiger partial charge in [-0.2, -0.15) is 0 Å². The van der Waals surface area contributed by atoms with Crippen molar-refractivity contribution in [3.8, 4) is 23.2 Å². The lowest BCUT2D eigenvalue weighted by Gasteiger charge is -2.28. The SMILES string of the molecule is CCCCC#Cc1nc2c(Cl)nc(-c3ccc(N4CCOCC4)cc3)nc2n1C1CCCCO1. The first kappa shape index (κ1) is 23.1. The Hall–Kier alpha value is -2.66. The van der Waals surface area contributed by atoms with Crippen LogP contribution >= 0.6 is 11.6 Å². The average Bonchev–Trinajstić information content (AvgIpc) is 3.27. The van der Waals surface area contributed by atoms with E-state index in [1.54, 1.807) is 0 Å². The summed E-state index contributed by atoms with van der Waals surface area (Å²) in [6.45, 7) is 6.20. The van der Waals surface area contributed by atoms with Crippen LogP contribution in [0.15, 0.2) is 24.3 Å². The molecule has 4 heterocycles. The highest BCUT2D eigenvalue weighted by Crippen LogP contribution is 2.32. The van der Waals surface area contributed by atoms with Crippen molar-refractivity contribution in [2.75, 3.05) is 37.8 Å². The minimum Gasteiger partial charge on any atom is -0.378 e. The molecule has 0 spiro atoms. The summed E-state index contributed by atoms with van der Waals surface area (Å²) in [5, 5.41) is 0.337. The largest absolute Gasteiger partial charge is 0.378 e. The summed E-state index contributed by atoms with van der Waals surface area (Å²) < 4.78 is 13.6. The first-order chi connectivity index (χ1) is 16.7. The first-order valence-electron chi connectivity index (χ1n) is 12.2. The summed E-state index contributed by atoms with van der Waals surface area (Å²) >= 11 is 6.64. The topological polar surface area (TPSA) is 65.3 Å². The number of hydrogen-bond donors (Lipinski definition) is 0. The Morgan fingerprint density at radius 2 is 1.88 bits per heavy atom. The molecule has 1 atom stereocenters. The number of morpholine rings is 1. The molecule has 1 unspecified atom stereocenters. The van der Waals surface area contributed by atoms with Crippen molar-refractivity contribution in [1.82, 2.24) is 19.5 Å². The number of hydrogen-bond acceptors (Lipinski definition) is 6. The zero-order chi connectivity index (χ0) is 23.3. The normalized spacial score (nSPS) is 18.6. The van der Waals surface area contributed by atoms with Gasteiger partial charge < -0.3 is 14.4 Å². The van der Waals surface area contributed by atoms with Gasteiger partial charge in [-0.05, 0) is 55.9 Å². The highest BCUT2D eigenvalue weighted by atomic mass is 35.5. The van der Waals surface area contributed by atoms with Gasteiger partial charge in [-0.3, -0.25) is 4.57 Å². The summed E-state index contributed by atoms with van der Waals surface area (Å²) in [5.74, 6) is 7.72. The van der Waals surface area contributed by atoms with Crippen LogP contribution in [0.3, 0.4) is 0 Å². The molecule has 34 heavy (non-hydrogen) atoms. The molecular formula is C26H30ClN5O2. The van der Waals surface area contributed by atoms with Crippen LogP contribution in [-0.2, 0) is 9.47 Å². The van der Waals surface area contributed by atoms with Crippen LogP contribution < -0.4 is 4.90 Å². The van der Waals surface area contributed by atoms with Crippen LogP contribution in [0.2, 0.25) is 5.15 Å². The van der Waals surface area contributed by atoms with E-state index in [1.165, 1.54) is 5.69 Å². The summed E-state index contributed by atoms with van der Waals surface area (Å²) in [5.41, 5.74) is 3.33. The lowest BCUT2D eigenvalue weighted by Crippen LogP contribution is -2.36. The predicted molar refractivity (Wildman–Crippen MR) is 134 cm³/mol. The van der Waals surface area contributed by atoms with Crippen molar-refractivity contribution in [2.45, 2.75) is 51.7 Å². The second-order valence-corrected chi connectivity index (χ2v) is 9.05. The molecule has 178 valence electrons. The fraction of sp³-hybridized carbons (Fsp3) is 0.500. The number of anilines is 1. The number of imidazole rings is 1. The number of ether oxygens (including phenoxy) is 2. The lowest BCUT2D eigenvalue weighted by atomic mass is 10.1. The molecule has 0 aliphatic carbocycles. The zero-order valence-corrected chi connectivity index (χ0v) is 20.4. The molecule has 1 aromatic carbocycles. The molecule has 5 rings (SSSR count). The van der Waals surface area contributed by atoms with Crippen molar-refractivity contribution in [3.05, 3.63) is 35.2 Å². The Bertz CT molecular complexity index is 1190. The molecule has 0 saturated carbocycles. The van der Waals surface area contributed by atoms with Gasteiger partial charge >= 0.3 is 0 Å². The monoisotopic (exact) mass is 479 g/mol. The van der Waals surface area contributed by atoms with Gasteiger partial charge in [-0.15, -0.1) is 0 Å². The second-order valence-electron chi connectivity index (χ2n) is 8.69. The third-order valence-corrected chi connectivity index (χ3v) is 6.56. The minimum absolute atomic E-state index is 0.142. The Morgan fingerprint density at radius 1 is 1.06 bits per heavy atom. The summed E-state index contributed by atoms with van der Waals surface area (Å²) in [4.78, 5) is 16.5. The summed E-state index contributed by atoms with van der Waals surface area (Å²) in [7, 11) is 0. The van der Waals surface area contributed by atoms with E-state index in [2.05, 4.69) is 40.8 Å². The molecule has 7 nitrogen and oxygen atoms in total. The minimum atomic E-state index is -0.142. The van der Waals surface area contributed by atoms with E-state index < -0.39 is 0 Å². The maximum Gasteiger partial charge on any atom is 0.189 e. The fourth-order valence-electron chi connectivity index (χ4n) is 4.41. The van der Waals surface area contributed by atoms with E-state index in [-0.39, 0.29) is 6.23 Å². The van der Waals surface area contributed by atoms with Gasteiger partial charge in [0, 0.05) is 37.4 Å². The van der Waals surface area contributed by atoms with Crippen LogP contribution in [0.1, 0.15) is 57.5 Å². The number of halogens is 1. The molecule has 0 amide bonds. The lowest BCUT2D eigenvalue weighted by molar-refractivity contribution is -0.0302. The molecule has 0 radical (unpaired) electrons. The highest BCUT2D eigenvalue weighted by Gasteiger charge is 2.25. The second kappa shape index (κ2) is 10.7. The van der Waals surface area contributed by atoms with E-state index in [0.29, 0.717) is 28.0 Å². The van der Waals surface area contributed by atoms with Gasteiger partial charge in [0.05, 0.1) is 13.2 Å². The predicted octanol–water partition coefficient (Wildman–Crippen LogP) is 5.22. The zero-order valence-electron chi connectivity index (χ0n) is 19.6. The van der Waals surface area contributed by atoms with Gasteiger partial charge in [-0.25, -0.2) is 15.0 Å². The number of nitrogens with zero attached hydrogens (tertiary/aromatic N) is 5. The highest BCUT2D eigenvalue weighted by molar-refractivity contribution is 6.33. The van der Waals surface area contributed by atoms with E-state index >= 15 is 0 Å². The van der Waals surface area contributed by atoms with Gasteiger partial charge in [0.2, 0.25) is 0 Å². The first-order valence-corrected chi connectivity index (χ1v) is 12.6. The van der Waals surface area contributed by atoms with Gasteiger partial charge in [-0.1, -0.05) is 30.9 Å². The molecule has 2 saturated heterocycles. The Labute approximate surface area is 205 Å². The van der Waals surface area contributed by atoms with E-state index in [0.717, 1.165) is 77.0 Å². The number of aromatic nitrogens is 4. The van der Waals surface area contributed by atoms with Crippen molar-refractivity contribution < 1.29 is 9.47 Å². The van der Waals surface area contributed by atoms with Crippen LogP contribution in [-0.4, -0.2) is 52.4 Å². The Balaban J connectivity index is 1.53. The third-order valence-electron chi connectivity index (χ3n) is 6.30. The van der Waals surface area contributed by atoms with Crippen molar-refractivity contribution >= 4 is 28.5 Å². The number of unbranched alkanes of at least 4 members (excludes halogenated alkanes) is 2. The quantitative estimate of drug-likeness (QED) is 0.284. The number of fused-ring (bicyclic) bond motifs is 1. The molecule has 3 aromatic rings. The van der Waals surface area contributed by atoms with E-state index in [4.69, 9.17) is 31.0 Å². The molecule has 2 aromatic heterocycles. The molecule has 2 aliphatic rings. The smallest absolute Gasteiger partial charge is 0.189 e.